The lowest BCUT2D eigenvalue weighted by Gasteiger charge is -2.25. The topological polar surface area (TPSA) is 26.0 Å². The Kier molecular flexibility index (Phi) is 4.27. The van der Waals surface area contributed by atoms with Crippen molar-refractivity contribution in [3.8, 4) is 0 Å². The maximum absolute atomic E-state index is 6.36. The minimum absolute atomic E-state index is 0. The maximum Gasteiger partial charge on any atom is 0.0636 e. The van der Waals surface area contributed by atoms with Crippen LogP contribution in [0.5, 0.6) is 0 Å². The first kappa shape index (κ1) is 12.9. The van der Waals surface area contributed by atoms with E-state index in [2.05, 4.69) is 24.3 Å². The van der Waals surface area contributed by atoms with Crippen LogP contribution in [0.1, 0.15) is 18.1 Å². The lowest BCUT2D eigenvalue weighted by atomic mass is 9.86. The molecule has 2 aromatic carbocycles. The highest BCUT2D eigenvalue weighted by molar-refractivity contribution is 8.93. The fraction of sp³-hybridized carbons (Fsp3) is 0.143. The molecule has 0 amide bonds. The highest BCUT2D eigenvalue weighted by Crippen LogP contribution is 2.25. The molecule has 2 rings (SSSR count). The van der Waals surface area contributed by atoms with Gasteiger partial charge in [-0.05, 0) is 18.1 Å². The molecule has 1 nitrogen and oxygen atoms in total. The van der Waals surface area contributed by atoms with Gasteiger partial charge in [-0.3, -0.25) is 0 Å². The summed E-state index contributed by atoms with van der Waals surface area (Å²) >= 11 is 0. The van der Waals surface area contributed by atoms with Gasteiger partial charge in [-0.1, -0.05) is 60.7 Å². The molecule has 16 heavy (non-hydrogen) atoms. The van der Waals surface area contributed by atoms with Gasteiger partial charge in [-0.25, -0.2) is 0 Å². The predicted molar refractivity (Wildman–Crippen MR) is 73.8 cm³/mol. The summed E-state index contributed by atoms with van der Waals surface area (Å²) in [6, 6.07) is 20.3. The summed E-state index contributed by atoms with van der Waals surface area (Å²) in [5.74, 6) is 0. The third kappa shape index (κ3) is 2.52. The number of hydrogen-bond donors (Lipinski definition) is 1. The minimum Gasteiger partial charge on any atom is -0.318 e. The Morgan fingerprint density at radius 1 is 0.750 bits per heavy atom. The van der Waals surface area contributed by atoms with Crippen LogP contribution in [0.25, 0.3) is 0 Å². The Bertz CT molecular complexity index is 382. The molecule has 84 valence electrons. The van der Waals surface area contributed by atoms with Crippen LogP contribution in [0.3, 0.4) is 0 Å². The van der Waals surface area contributed by atoms with Crippen LogP contribution in [0.15, 0.2) is 60.7 Å². The molecule has 0 aliphatic heterocycles. The zero-order valence-corrected chi connectivity index (χ0v) is 11.0. The van der Waals surface area contributed by atoms with E-state index in [0.29, 0.717) is 0 Å². The molecule has 0 aliphatic rings. The van der Waals surface area contributed by atoms with Crippen molar-refractivity contribution in [3.05, 3.63) is 71.8 Å². The van der Waals surface area contributed by atoms with Crippen LogP contribution >= 0.6 is 17.0 Å². The molecule has 2 N–H and O–H groups in total. The second-order valence-electron chi connectivity index (χ2n) is 3.93. The third-order valence-electron chi connectivity index (χ3n) is 2.75. The summed E-state index contributed by atoms with van der Waals surface area (Å²) in [4.78, 5) is 0. The van der Waals surface area contributed by atoms with Crippen molar-refractivity contribution in [3.63, 3.8) is 0 Å². The van der Waals surface area contributed by atoms with E-state index < -0.39 is 5.54 Å². The molecule has 0 radical (unpaired) electrons. The average molecular weight is 278 g/mol. The summed E-state index contributed by atoms with van der Waals surface area (Å²) in [5, 5.41) is 0. The third-order valence-corrected chi connectivity index (χ3v) is 2.75. The fourth-order valence-electron chi connectivity index (χ4n) is 1.74. The van der Waals surface area contributed by atoms with Crippen LogP contribution in [0.2, 0.25) is 0 Å². The first-order valence-corrected chi connectivity index (χ1v) is 5.11. The van der Waals surface area contributed by atoms with Gasteiger partial charge in [0.25, 0.3) is 0 Å². The van der Waals surface area contributed by atoms with Gasteiger partial charge in [-0.15, -0.1) is 17.0 Å². The van der Waals surface area contributed by atoms with Crippen LogP contribution in [-0.2, 0) is 5.54 Å². The van der Waals surface area contributed by atoms with Crippen molar-refractivity contribution in [2.75, 3.05) is 0 Å². The quantitative estimate of drug-likeness (QED) is 0.894. The van der Waals surface area contributed by atoms with Crippen LogP contribution in [-0.4, -0.2) is 0 Å². The molecule has 0 saturated carbocycles. The van der Waals surface area contributed by atoms with E-state index in [0.717, 1.165) is 11.1 Å². The molecule has 0 aromatic heterocycles. The molecule has 0 unspecified atom stereocenters. The number of benzene rings is 2. The van der Waals surface area contributed by atoms with Gasteiger partial charge in [0, 0.05) is 0 Å². The van der Waals surface area contributed by atoms with Gasteiger partial charge < -0.3 is 5.73 Å². The zero-order valence-electron chi connectivity index (χ0n) is 9.26. The molecule has 0 aliphatic carbocycles. The fourth-order valence-corrected chi connectivity index (χ4v) is 1.74. The van der Waals surface area contributed by atoms with E-state index in [1.54, 1.807) is 0 Å². The van der Waals surface area contributed by atoms with E-state index >= 15 is 0 Å². The van der Waals surface area contributed by atoms with Gasteiger partial charge in [0.1, 0.15) is 0 Å². The summed E-state index contributed by atoms with van der Waals surface area (Å²) in [7, 11) is 0. The monoisotopic (exact) mass is 277 g/mol. The number of halogens is 1. The standard InChI is InChI=1S/C14H15N.BrH/c1-14(15,12-8-4-2-5-9-12)13-10-6-3-7-11-13;/h2-11H,15H2,1H3;1H. The van der Waals surface area contributed by atoms with E-state index in [9.17, 15) is 0 Å². The minimum atomic E-state index is -0.414. The Hall–Kier alpha value is -1.12. The first-order valence-electron chi connectivity index (χ1n) is 5.11. The van der Waals surface area contributed by atoms with Crippen LogP contribution < -0.4 is 5.73 Å². The Morgan fingerprint density at radius 2 is 1.06 bits per heavy atom. The molecule has 2 aromatic rings. The van der Waals surface area contributed by atoms with Crippen LogP contribution in [0, 0.1) is 0 Å². The summed E-state index contributed by atoms with van der Waals surface area (Å²) in [6.07, 6.45) is 0. The molecule has 0 spiro atoms. The maximum atomic E-state index is 6.36. The van der Waals surface area contributed by atoms with Gasteiger partial charge >= 0.3 is 0 Å². The summed E-state index contributed by atoms with van der Waals surface area (Å²) in [5.41, 5.74) is 8.22. The molecule has 0 fully saturated rings. The first-order chi connectivity index (χ1) is 7.21. The van der Waals surface area contributed by atoms with Crippen molar-refractivity contribution in [2.45, 2.75) is 12.5 Å². The Balaban J connectivity index is 0.00000128. The van der Waals surface area contributed by atoms with E-state index in [1.165, 1.54) is 0 Å². The normalized spacial score (nSPS) is 10.6. The second-order valence-corrected chi connectivity index (χ2v) is 3.93. The molecule has 0 heterocycles. The smallest absolute Gasteiger partial charge is 0.0636 e. The van der Waals surface area contributed by atoms with Crippen molar-refractivity contribution in [1.82, 2.24) is 0 Å². The SMILES string of the molecule is Br.CC(N)(c1ccccc1)c1ccccc1. The molecular formula is C14H16BrN. The average Bonchev–Trinajstić information content (AvgIpc) is 2.31. The molecule has 0 bridgehead atoms. The second kappa shape index (κ2) is 5.28. The highest BCUT2D eigenvalue weighted by Gasteiger charge is 2.22. The zero-order chi connectivity index (χ0) is 10.7. The predicted octanol–water partition coefficient (Wildman–Crippen LogP) is 3.49. The lowest BCUT2D eigenvalue weighted by Crippen LogP contribution is -2.34. The number of nitrogens with two attached hydrogens (primary N) is 1. The highest BCUT2D eigenvalue weighted by atomic mass is 79.9. The summed E-state index contributed by atoms with van der Waals surface area (Å²) in [6.45, 7) is 2.04. The molecule has 0 saturated heterocycles. The number of rotatable bonds is 2. The molecular weight excluding hydrogens is 262 g/mol. The van der Waals surface area contributed by atoms with Gasteiger partial charge in [0.15, 0.2) is 0 Å². The van der Waals surface area contributed by atoms with Crippen LogP contribution in [0.4, 0.5) is 0 Å². The van der Waals surface area contributed by atoms with Crippen molar-refractivity contribution in [2.24, 2.45) is 5.73 Å². The van der Waals surface area contributed by atoms with E-state index in [1.807, 2.05) is 43.3 Å². The Morgan fingerprint density at radius 3 is 1.38 bits per heavy atom. The van der Waals surface area contributed by atoms with E-state index in [4.69, 9.17) is 5.73 Å². The van der Waals surface area contributed by atoms with E-state index in [-0.39, 0.29) is 17.0 Å². The van der Waals surface area contributed by atoms with Crippen molar-refractivity contribution < 1.29 is 0 Å². The number of hydrogen-bond acceptors (Lipinski definition) is 1. The summed E-state index contributed by atoms with van der Waals surface area (Å²) < 4.78 is 0. The van der Waals surface area contributed by atoms with Gasteiger partial charge in [-0.2, -0.15) is 0 Å². The van der Waals surface area contributed by atoms with Crippen molar-refractivity contribution >= 4 is 17.0 Å². The Labute approximate surface area is 107 Å². The largest absolute Gasteiger partial charge is 0.318 e. The lowest BCUT2D eigenvalue weighted by molar-refractivity contribution is 0.603. The molecule has 0 atom stereocenters. The van der Waals surface area contributed by atoms with Crippen molar-refractivity contribution in [1.29, 1.82) is 0 Å². The van der Waals surface area contributed by atoms with Gasteiger partial charge in [0.05, 0.1) is 5.54 Å². The molecule has 2 heteroatoms. The van der Waals surface area contributed by atoms with Gasteiger partial charge in [0.2, 0.25) is 0 Å².